The average molecular weight is 348 g/mol. The molecule has 2 aromatic rings. The van der Waals surface area contributed by atoms with Crippen LogP contribution < -0.4 is 10.2 Å². The summed E-state index contributed by atoms with van der Waals surface area (Å²) < 4.78 is 26.5. The Kier molecular flexibility index (Phi) is 4.55. The summed E-state index contributed by atoms with van der Waals surface area (Å²) in [6.07, 6.45) is 2.13. The SMILES string of the molecule is O=C(Nc1cc(F)c(F)cc1C(=O)O)c1ccc(N2CCCC2)nn1. The Morgan fingerprint density at radius 3 is 2.36 bits per heavy atom. The molecule has 0 bridgehead atoms. The number of carboxylic acid groups (broad SMARTS) is 1. The highest BCUT2D eigenvalue weighted by Crippen LogP contribution is 2.21. The number of aromatic carboxylic acids is 1. The number of nitrogens with one attached hydrogen (secondary N) is 1. The second-order valence-corrected chi connectivity index (χ2v) is 5.54. The van der Waals surface area contributed by atoms with E-state index >= 15 is 0 Å². The first kappa shape index (κ1) is 16.7. The van der Waals surface area contributed by atoms with Crippen molar-refractivity contribution < 1.29 is 23.5 Å². The normalized spacial score (nSPS) is 13.8. The van der Waals surface area contributed by atoms with Gasteiger partial charge in [0.05, 0.1) is 11.3 Å². The number of hydrogen-bond donors (Lipinski definition) is 2. The van der Waals surface area contributed by atoms with E-state index in [1.165, 1.54) is 6.07 Å². The highest BCUT2D eigenvalue weighted by Gasteiger charge is 2.19. The van der Waals surface area contributed by atoms with E-state index in [4.69, 9.17) is 5.11 Å². The summed E-state index contributed by atoms with van der Waals surface area (Å²) in [7, 11) is 0. The molecule has 0 spiro atoms. The molecule has 2 heterocycles. The number of carboxylic acids is 1. The quantitative estimate of drug-likeness (QED) is 0.880. The fourth-order valence-electron chi connectivity index (χ4n) is 2.57. The number of aromatic nitrogens is 2. The van der Waals surface area contributed by atoms with Crippen LogP contribution >= 0.6 is 0 Å². The second kappa shape index (κ2) is 6.80. The molecule has 25 heavy (non-hydrogen) atoms. The van der Waals surface area contributed by atoms with E-state index in [9.17, 15) is 18.4 Å². The van der Waals surface area contributed by atoms with Gasteiger partial charge in [-0.05, 0) is 31.0 Å². The molecule has 0 saturated carbocycles. The fourth-order valence-corrected chi connectivity index (χ4v) is 2.57. The van der Waals surface area contributed by atoms with Gasteiger partial charge < -0.3 is 15.3 Å². The zero-order chi connectivity index (χ0) is 18.0. The summed E-state index contributed by atoms with van der Waals surface area (Å²) in [4.78, 5) is 25.3. The third-order valence-corrected chi connectivity index (χ3v) is 3.85. The van der Waals surface area contributed by atoms with E-state index < -0.39 is 29.1 Å². The molecule has 0 radical (unpaired) electrons. The maximum Gasteiger partial charge on any atom is 0.337 e. The molecular weight excluding hydrogens is 334 g/mol. The first-order chi connectivity index (χ1) is 12.0. The van der Waals surface area contributed by atoms with Gasteiger partial charge in [-0.2, -0.15) is 0 Å². The predicted octanol–water partition coefficient (Wildman–Crippen LogP) is 2.31. The number of carbonyl (C=O) groups is 2. The third kappa shape index (κ3) is 3.54. The third-order valence-electron chi connectivity index (χ3n) is 3.85. The first-order valence-electron chi connectivity index (χ1n) is 7.58. The summed E-state index contributed by atoms with van der Waals surface area (Å²) in [5, 5.41) is 19.1. The molecule has 3 rings (SSSR count). The molecule has 1 fully saturated rings. The Balaban J connectivity index is 1.80. The van der Waals surface area contributed by atoms with Crippen LogP contribution in [0, 0.1) is 11.6 Å². The number of amides is 1. The molecule has 9 heteroatoms. The van der Waals surface area contributed by atoms with Crippen molar-refractivity contribution in [3.63, 3.8) is 0 Å². The number of nitrogens with zero attached hydrogens (tertiary/aromatic N) is 3. The average Bonchev–Trinajstić information content (AvgIpc) is 3.12. The van der Waals surface area contributed by atoms with Gasteiger partial charge in [-0.25, -0.2) is 13.6 Å². The van der Waals surface area contributed by atoms with Gasteiger partial charge in [0.15, 0.2) is 23.1 Å². The molecule has 1 saturated heterocycles. The smallest absolute Gasteiger partial charge is 0.337 e. The van der Waals surface area contributed by atoms with Gasteiger partial charge in [0, 0.05) is 19.2 Å². The summed E-state index contributed by atoms with van der Waals surface area (Å²) in [5.41, 5.74) is -0.986. The van der Waals surface area contributed by atoms with Crippen molar-refractivity contribution in [3.8, 4) is 0 Å². The molecule has 1 aromatic heterocycles. The largest absolute Gasteiger partial charge is 0.478 e. The van der Waals surface area contributed by atoms with Crippen LogP contribution in [0.3, 0.4) is 0 Å². The van der Waals surface area contributed by atoms with Gasteiger partial charge in [0.2, 0.25) is 0 Å². The Bertz CT molecular complexity index is 821. The Labute approximate surface area is 141 Å². The Hall–Kier alpha value is -3.10. The van der Waals surface area contributed by atoms with Crippen LogP contribution in [0.4, 0.5) is 20.3 Å². The van der Waals surface area contributed by atoms with Crippen LogP contribution in [0.2, 0.25) is 0 Å². The van der Waals surface area contributed by atoms with Crippen molar-refractivity contribution >= 4 is 23.4 Å². The zero-order valence-corrected chi connectivity index (χ0v) is 13.0. The monoisotopic (exact) mass is 348 g/mol. The summed E-state index contributed by atoms with van der Waals surface area (Å²) in [6, 6.07) is 4.20. The lowest BCUT2D eigenvalue weighted by atomic mass is 10.1. The molecule has 1 aliphatic rings. The van der Waals surface area contributed by atoms with E-state index in [1.54, 1.807) is 6.07 Å². The second-order valence-electron chi connectivity index (χ2n) is 5.54. The molecule has 2 N–H and O–H groups in total. The molecule has 1 aromatic carbocycles. The van der Waals surface area contributed by atoms with Gasteiger partial charge in [-0.1, -0.05) is 0 Å². The van der Waals surface area contributed by atoms with Crippen molar-refractivity contribution in [3.05, 3.63) is 47.2 Å². The number of carbonyl (C=O) groups excluding carboxylic acids is 1. The number of halogens is 2. The van der Waals surface area contributed by atoms with E-state index in [1.807, 2.05) is 4.90 Å². The zero-order valence-electron chi connectivity index (χ0n) is 13.0. The maximum absolute atomic E-state index is 13.3. The van der Waals surface area contributed by atoms with Gasteiger partial charge in [-0.3, -0.25) is 4.79 Å². The predicted molar refractivity (Wildman–Crippen MR) is 84.7 cm³/mol. The Morgan fingerprint density at radius 2 is 1.76 bits per heavy atom. The molecule has 1 aliphatic heterocycles. The van der Waals surface area contributed by atoms with E-state index in [-0.39, 0.29) is 11.4 Å². The van der Waals surface area contributed by atoms with E-state index in [0.717, 1.165) is 25.9 Å². The highest BCUT2D eigenvalue weighted by molar-refractivity contribution is 6.06. The van der Waals surface area contributed by atoms with Crippen LogP contribution in [0.25, 0.3) is 0 Å². The van der Waals surface area contributed by atoms with Crippen molar-refractivity contribution in [2.45, 2.75) is 12.8 Å². The highest BCUT2D eigenvalue weighted by atomic mass is 19.2. The van der Waals surface area contributed by atoms with Crippen molar-refractivity contribution in [1.29, 1.82) is 0 Å². The number of hydrogen-bond acceptors (Lipinski definition) is 5. The topological polar surface area (TPSA) is 95.4 Å². The van der Waals surface area contributed by atoms with E-state index in [2.05, 4.69) is 15.5 Å². The van der Waals surface area contributed by atoms with Crippen LogP contribution in [-0.2, 0) is 0 Å². The van der Waals surface area contributed by atoms with Crippen LogP contribution in [0.1, 0.15) is 33.7 Å². The molecule has 1 amide bonds. The molecule has 7 nitrogen and oxygen atoms in total. The lowest BCUT2D eigenvalue weighted by molar-refractivity contribution is 0.0697. The lowest BCUT2D eigenvalue weighted by Crippen LogP contribution is -2.21. The van der Waals surface area contributed by atoms with Crippen molar-refractivity contribution in [1.82, 2.24) is 10.2 Å². The van der Waals surface area contributed by atoms with Gasteiger partial charge in [0.25, 0.3) is 5.91 Å². The van der Waals surface area contributed by atoms with Crippen LogP contribution in [0.15, 0.2) is 24.3 Å². The number of rotatable bonds is 4. The van der Waals surface area contributed by atoms with Gasteiger partial charge in [0.1, 0.15) is 0 Å². The van der Waals surface area contributed by atoms with E-state index in [0.29, 0.717) is 18.0 Å². The summed E-state index contributed by atoms with van der Waals surface area (Å²) in [5.74, 6) is -4.20. The minimum absolute atomic E-state index is 0.0657. The van der Waals surface area contributed by atoms with Crippen molar-refractivity contribution in [2.24, 2.45) is 0 Å². The maximum atomic E-state index is 13.3. The molecular formula is C16H14F2N4O3. The van der Waals surface area contributed by atoms with Crippen LogP contribution in [0.5, 0.6) is 0 Å². The Morgan fingerprint density at radius 1 is 1.08 bits per heavy atom. The van der Waals surface area contributed by atoms with Gasteiger partial charge >= 0.3 is 5.97 Å². The molecule has 130 valence electrons. The standard InChI is InChI=1S/C16H14F2N4O3/c17-10-7-9(16(24)25)13(8-11(10)18)19-15(23)12-3-4-14(21-20-12)22-5-1-2-6-22/h3-4,7-8H,1-2,5-6H2,(H,19,23)(H,24,25). The minimum atomic E-state index is -1.50. The lowest BCUT2D eigenvalue weighted by Gasteiger charge is -2.15. The molecule has 0 aliphatic carbocycles. The molecule has 0 unspecified atom stereocenters. The molecule has 0 atom stereocenters. The number of benzene rings is 1. The number of anilines is 2. The summed E-state index contributed by atoms with van der Waals surface area (Å²) in [6.45, 7) is 1.74. The van der Waals surface area contributed by atoms with Crippen LogP contribution in [-0.4, -0.2) is 40.3 Å². The fraction of sp³-hybridized carbons (Fsp3) is 0.250. The summed E-state index contributed by atoms with van der Waals surface area (Å²) >= 11 is 0. The first-order valence-corrected chi connectivity index (χ1v) is 7.58. The van der Waals surface area contributed by atoms with Gasteiger partial charge in [-0.15, -0.1) is 10.2 Å². The minimum Gasteiger partial charge on any atom is -0.478 e. The van der Waals surface area contributed by atoms with Crippen molar-refractivity contribution in [2.75, 3.05) is 23.3 Å².